The van der Waals surface area contributed by atoms with Gasteiger partial charge in [0.25, 0.3) is 0 Å². The molecule has 2 unspecified atom stereocenters. The third-order valence-electron chi connectivity index (χ3n) is 4.54. The van der Waals surface area contributed by atoms with Gasteiger partial charge in [-0.15, -0.1) is 0 Å². The number of rotatable bonds is 4. The Bertz CT molecular complexity index is 577. The van der Waals surface area contributed by atoms with Crippen molar-refractivity contribution in [3.05, 3.63) is 18.6 Å². The predicted octanol–water partition coefficient (Wildman–Crippen LogP) is 2.15. The van der Waals surface area contributed by atoms with Crippen molar-refractivity contribution in [2.24, 2.45) is 24.6 Å². The van der Waals surface area contributed by atoms with Crippen LogP contribution < -0.4 is 11.1 Å². The molecule has 1 aliphatic carbocycles. The maximum atomic E-state index is 5.90. The fraction of sp³-hybridized carbons (Fsp3) is 0.600. The predicted molar refractivity (Wildman–Crippen MR) is 81.5 cm³/mol. The monoisotopic (exact) mass is 273 g/mol. The number of fused-ring (bicyclic) bond motifs is 1. The molecule has 0 amide bonds. The summed E-state index contributed by atoms with van der Waals surface area (Å²) in [4.78, 5) is 8.87. The van der Waals surface area contributed by atoms with Gasteiger partial charge in [-0.3, -0.25) is 0 Å². The number of anilines is 1. The van der Waals surface area contributed by atoms with Crippen LogP contribution in [0.25, 0.3) is 11.0 Å². The van der Waals surface area contributed by atoms with Crippen molar-refractivity contribution in [3.8, 4) is 0 Å². The highest BCUT2D eigenvalue weighted by molar-refractivity contribution is 5.85. The number of nitrogens with two attached hydrogens (primary N) is 1. The number of hydrogen-bond acceptors (Lipinski definition) is 4. The van der Waals surface area contributed by atoms with E-state index in [0.29, 0.717) is 11.8 Å². The summed E-state index contributed by atoms with van der Waals surface area (Å²) in [7, 11) is 2.00. The molecule has 1 saturated carbocycles. The number of imidazole rings is 1. The molecule has 0 spiro atoms. The highest BCUT2D eigenvalue weighted by atomic mass is 15.1. The van der Waals surface area contributed by atoms with Crippen LogP contribution in [0.1, 0.15) is 25.7 Å². The maximum Gasteiger partial charge on any atom is 0.154 e. The largest absolute Gasteiger partial charge is 0.368 e. The van der Waals surface area contributed by atoms with Crippen molar-refractivity contribution in [2.75, 3.05) is 18.4 Å². The number of aryl methyl sites for hydroxylation is 1. The Morgan fingerprint density at radius 3 is 2.90 bits per heavy atom. The van der Waals surface area contributed by atoms with E-state index in [1.54, 1.807) is 0 Å². The van der Waals surface area contributed by atoms with Gasteiger partial charge in [0.2, 0.25) is 0 Å². The molecule has 0 bridgehead atoms. The molecule has 5 heteroatoms. The van der Waals surface area contributed by atoms with Gasteiger partial charge < -0.3 is 15.6 Å². The molecule has 3 N–H and O–H groups in total. The summed E-state index contributed by atoms with van der Waals surface area (Å²) in [5.41, 5.74) is 7.96. The molecule has 2 atom stereocenters. The summed E-state index contributed by atoms with van der Waals surface area (Å²) in [6, 6.07) is 2.00. The molecule has 0 aromatic carbocycles. The first kappa shape index (κ1) is 13.4. The molecule has 1 aliphatic rings. The van der Waals surface area contributed by atoms with E-state index < -0.39 is 0 Å². The van der Waals surface area contributed by atoms with E-state index in [9.17, 15) is 0 Å². The van der Waals surface area contributed by atoms with Crippen molar-refractivity contribution in [2.45, 2.75) is 25.7 Å². The zero-order chi connectivity index (χ0) is 13.9. The van der Waals surface area contributed by atoms with Gasteiger partial charge in [-0.2, -0.15) is 0 Å². The Kier molecular flexibility index (Phi) is 3.87. The third-order valence-corrected chi connectivity index (χ3v) is 4.54. The van der Waals surface area contributed by atoms with Crippen LogP contribution in [-0.2, 0) is 7.05 Å². The molecule has 2 aromatic heterocycles. The molecule has 108 valence electrons. The quantitative estimate of drug-likeness (QED) is 0.895. The van der Waals surface area contributed by atoms with Gasteiger partial charge in [-0.25, -0.2) is 9.97 Å². The molecule has 20 heavy (non-hydrogen) atoms. The van der Waals surface area contributed by atoms with Gasteiger partial charge in [-0.1, -0.05) is 12.8 Å². The Balaban J connectivity index is 1.73. The van der Waals surface area contributed by atoms with Crippen LogP contribution in [0.5, 0.6) is 0 Å². The minimum absolute atomic E-state index is 0.652. The van der Waals surface area contributed by atoms with Crippen LogP contribution in [-0.4, -0.2) is 27.6 Å². The zero-order valence-electron chi connectivity index (χ0n) is 12.0. The van der Waals surface area contributed by atoms with Crippen LogP contribution in [0.2, 0.25) is 0 Å². The first-order valence-electron chi connectivity index (χ1n) is 7.49. The lowest BCUT2D eigenvalue weighted by Gasteiger charge is -2.30. The SMILES string of the molecule is Cn1cnc2c(NCC3CCCCC3CN)nccc21. The highest BCUT2D eigenvalue weighted by Crippen LogP contribution is 2.30. The Morgan fingerprint density at radius 2 is 2.10 bits per heavy atom. The van der Waals surface area contributed by atoms with E-state index in [0.717, 1.165) is 29.9 Å². The van der Waals surface area contributed by atoms with E-state index in [1.165, 1.54) is 25.7 Å². The average Bonchev–Trinajstić information content (AvgIpc) is 2.88. The van der Waals surface area contributed by atoms with Gasteiger partial charge in [0.05, 0.1) is 11.8 Å². The molecule has 3 rings (SSSR count). The highest BCUT2D eigenvalue weighted by Gasteiger charge is 2.24. The van der Waals surface area contributed by atoms with E-state index in [1.807, 2.05) is 30.2 Å². The fourth-order valence-electron chi connectivity index (χ4n) is 3.28. The second kappa shape index (κ2) is 5.79. The zero-order valence-corrected chi connectivity index (χ0v) is 12.0. The van der Waals surface area contributed by atoms with Gasteiger partial charge in [0, 0.05) is 19.8 Å². The number of pyridine rings is 1. The molecule has 0 saturated heterocycles. The van der Waals surface area contributed by atoms with E-state index >= 15 is 0 Å². The smallest absolute Gasteiger partial charge is 0.154 e. The molecule has 1 fully saturated rings. The average molecular weight is 273 g/mol. The second-order valence-corrected chi connectivity index (χ2v) is 5.80. The van der Waals surface area contributed by atoms with E-state index in [4.69, 9.17) is 5.73 Å². The summed E-state index contributed by atoms with van der Waals surface area (Å²) in [6.07, 6.45) is 8.86. The minimum Gasteiger partial charge on any atom is -0.368 e. The van der Waals surface area contributed by atoms with Gasteiger partial charge in [-0.05, 0) is 37.3 Å². The summed E-state index contributed by atoms with van der Waals surface area (Å²) in [5.74, 6) is 2.21. The molecular weight excluding hydrogens is 250 g/mol. The van der Waals surface area contributed by atoms with E-state index in [-0.39, 0.29) is 0 Å². The van der Waals surface area contributed by atoms with Crippen molar-refractivity contribution in [3.63, 3.8) is 0 Å². The molecular formula is C15H23N5. The molecule has 0 aliphatic heterocycles. The van der Waals surface area contributed by atoms with Gasteiger partial charge in [0.1, 0.15) is 5.52 Å². The number of hydrogen-bond donors (Lipinski definition) is 2. The van der Waals surface area contributed by atoms with Gasteiger partial charge >= 0.3 is 0 Å². The van der Waals surface area contributed by atoms with Gasteiger partial charge in [0.15, 0.2) is 5.82 Å². The lowest BCUT2D eigenvalue weighted by atomic mass is 9.79. The topological polar surface area (TPSA) is 68.8 Å². The number of nitrogens with one attached hydrogen (secondary N) is 1. The number of aromatic nitrogens is 3. The molecule has 5 nitrogen and oxygen atoms in total. The normalized spacial score (nSPS) is 23.1. The summed E-state index contributed by atoms with van der Waals surface area (Å²) >= 11 is 0. The first-order valence-corrected chi connectivity index (χ1v) is 7.49. The summed E-state index contributed by atoms with van der Waals surface area (Å²) in [6.45, 7) is 1.75. The second-order valence-electron chi connectivity index (χ2n) is 5.80. The lowest BCUT2D eigenvalue weighted by molar-refractivity contribution is 0.255. The van der Waals surface area contributed by atoms with Crippen LogP contribution >= 0.6 is 0 Å². The van der Waals surface area contributed by atoms with Crippen LogP contribution in [0.4, 0.5) is 5.82 Å². The standard InChI is InChI=1S/C15H23N5/c1-20-10-19-14-13(20)6-7-17-15(14)18-9-12-5-3-2-4-11(12)8-16/h6-7,10-12H,2-5,8-9,16H2,1H3,(H,17,18). The van der Waals surface area contributed by atoms with Crippen LogP contribution in [0.15, 0.2) is 18.6 Å². The molecule has 2 heterocycles. The van der Waals surface area contributed by atoms with Crippen molar-refractivity contribution in [1.29, 1.82) is 0 Å². The maximum absolute atomic E-state index is 5.90. The molecule has 2 aromatic rings. The number of nitrogens with zero attached hydrogens (tertiary/aromatic N) is 3. The van der Waals surface area contributed by atoms with Crippen molar-refractivity contribution in [1.82, 2.24) is 14.5 Å². The molecule has 0 radical (unpaired) electrons. The minimum atomic E-state index is 0.652. The first-order chi connectivity index (χ1) is 9.79. The summed E-state index contributed by atoms with van der Waals surface area (Å²) in [5, 5.41) is 3.49. The Labute approximate surface area is 119 Å². The van der Waals surface area contributed by atoms with Crippen LogP contribution in [0, 0.1) is 11.8 Å². The lowest BCUT2D eigenvalue weighted by Crippen LogP contribution is -2.31. The fourth-order valence-corrected chi connectivity index (χ4v) is 3.28. The third kappa shape index (κ3) is 2.50. The Hall–Kier alpha value is -1.62. The van der Waals surface area contributed by atoms with Crippen molar-refractivity contribution < 1.29 is 0 Å². The van der Waals surface area contributed by atoms with E-state index in [2.05, 4.69) is 15.3 Å². The summed E-state index contributed by atoms with van der Waals surface area (Å²) < 4.78 is 2.02. The van der Waals surface area contributed by atoms with Crippen molar-refractivity contribution >= 4 is 16.9 Å². The van der Waals surface area contributed by atoms with Crippen LogP contribution in [0.3, 0.4) is 0 Å². The Morgan fingerprint density at radius 1 is 1.30 bits per heavy atom.